The third-order valence-corrected chi connectivity index (χ3v) is 2.45. The predicted molar refractivity (Wildman–Crippen MR) is 40.2 cm³/mol. The minimum atomic E-state index is -2.87. The maximum atomic E-state index is 13.0. The Bertz CT molecular complexity index is 233. The average molecular weight is 232 g/mol. The van der Waals surface area contributed by atoms with Crippen LogP contribution < -0.4 is 0 Å². The third-order valence-electron chi connectivity index (χ3n) is 2.45. The lowest BCUT2D eigenvalue weighted by Crippen LogP contribution is -2.53. The molecule has 1 fully saturated rings. The molecule has 0 aromatic carbocycles. The van der Waals surface area contributed by atoms with Crippen LogP contribution in [0.3, 0.4) is 0 Å². The molecule has 7 heteroatoms. The molecule has 1 N–H and O–H groups in total. The molecule has 0 aliphatic heterocycles. The monoisotopic (exact) mass is 232 g/mol. The highest BCUT2D eigenvalue weighted by Crippen LogP contribution is 2.37. The van der Waals surface area contributed by atoms with Crippen molar-refractivity contribution in [2.75, 3.05) is 0 Å². The van der Waals surface area contributed by atoms with E-state index in [2.05, 4.69) is 0 Å². The van der Waals surface area contributed by atoms with Crippen molar-refractivity contribution in [3.05, 3.63) is 0 Å². The second-order valence-corrected chi connectivity index (χ2v) is 3.48. The number of halogens is 5. The summed E-state index contributed by atoms with van der Waals surface area (Å²) in [5.74, 6) is -3.55. The van der Waals surface area contributed by atoms with Gasteiger partial charge in [-0.1, -0.05) is 0 Å². The van der Waals surface area contributed by atoms with Crippen molar-refractivity contribution >= 4 is 5.97 Å². The zero-order valence-corrected chi connectivity index (χ0v) is 7.42. The number of hydrogen-bond acceptors (Lipinski definition) is 1. The van der Waals surface area contributed by atoms with Gasteiger partial charge in [-0.15, -0.1) is 0 Å². The van der Waals surface area contributed by atoms with E-state index in [1.165, 1.54) is 0 Å². The fourth-order valence-electron chi connectivity index (χ4n) is 1.60. The number of rotatable bonds is 2. The lowest BCUT2D eigenvalue weighted by Gasteiger charge is -2.35. The van der Waals surface area contributed by atoms with Crippen LogP contribution >= 0.6 is 0 Å². The molecule has 0 amide bonds. The van der Waals surface area contributed by atoms with Gasteiger partial charge in [0.2, 0.25) is 0 Å². The topological polar surface area (TPSA) is 37.3 Å². The van der Waals surface area contributed by atoms with Crippen molar-refractivity contribution in [1.82, 2.24) is 0 Å². The van der Waals surface area contributed by atoms with Gasteiger partial charge in [0, 0.05) is 5.92 Å². The van der Waals surface area contributed by atoms with E-state index in [4.69, 9.17) is 5.11 Å². The van der Waals surface area contributed by atoms with Gasteiger partial charge in [0.1, 0.15) is 12.3 Å². The Labute approximate surface area is 82.1 Å². The highest BCUT2D eigenvalue weighted by molar-refractivity contribution is 5.67. The zero-order chi connectivity index (χ0) is 11.7. The van der Waals surface area contributed by atoms with E-state index in [-0.39, 0.29) is 0 Å². The summed E-state index contributed by atoms with van der Waals surface area (Å²) in [6.07, 6.45) is -14.8. The molecule has 1 saturated carbocycles. The van der Waals surface area contributed by atoms with Gasteiger partial charge in [-0.25, -0.2) is 22.0 Å². The molecule has 0 aromatic rings. The minimum absolute atomic E-state index is 1.06. The summed E-state index contributed by atoms with van der Waals surface area (Å²) in [6.45, 7) is 0. The predicted octanol–water partition coefficient (Wildman–Crippen LogP) is 1.78. The summed E-state index contributed by atoms with van der Waals surface area (Å²) in [7, 11) is 0. The van der Waals surface area contributed by atoms with Gasteiger partial charge >= 0.3 is 5.97 Å². The van der Waals surface area contributed by atoms with Crippen molar-refractivity contribution < 1.29 is 31.9 Å². The van der Waals surface area contributed by atoms with Crippen LogP contribution in [0.2, 0.25) is 0 Å². The number of carboxylic acid groups (broad SMARTS) is 1. The Morgan fingerprint density at radius 1 is 0.867 bits per heavy atom. The van der Waals surface area contributed by atoms with Gasteiger partial charge < -0.3 is 5.11 Å². The van der Waals surface area contributed by atoms with Crippen LogP contribution in [0.1, 0.15) is 6.42 Å². The summed E-state index contributed by atoms with van der Waals surface area (Å²) in [5, 5.41) is 8.27. The van der Waals surface area contributed by atoms with E-state index in [0.717, 1.165) is 0 Å². The molecule has 1 aliphatic rings. The first kappa shape index (κ1) is 12.2. The first-order chi connectivity index (χ1) is 6.86. The fraction of sp³-hybridized carbons (Fsp3) is 0.875. The second kappa shape index (κ2) is 4.32. The van der Waals surface area contributed by atoms with E-state index in [1.54, 1.807) is 0 Å². The maximum Gasteiger partial charge on any atom is 0.303 e. The Morgan fingerprint density at radius 3 is 1.53 bits per heavy atom. The van der Waals surface area contributed by atoms with Crippen molar-refractivity contribution in [3.63, 3.8) is 0 Å². The first-order valence-electron chi connectivity index (χ1n) is 4.28. The summed E-state index contributed by atoms with van der Waals surface area (Å²) in [5.41, 5.74) is 0. The first-order valence-corrected chi connectivity index (χ1v) is 4.28. The third kappa shape index (κ3) is 2.21. The van der Waals surface area contributed by atoms with E-state index in [9.17, 15) is 26.7 Å². The fourth-order valence-corrected chi connectivity index (χ4v) is 1.60. The van der Waals surface area contributed by atoms with Gasteiger partial charge in [-0.2, -0.15) is 0 Å². The van der Waals surface area contributed by atoms with E-state index < -0.39 is 49.2 Å². The summed E-state index contributed by atoms with van der Waals surface area (Å²) in [4.78, 5) is 10.2. The molecule has 0 bridgehead atoms. The normalized spacial score (nSPS) is 46.5. The van der Waals surface area contributed by atoms with E-state index >= 15 is 0 Å². The number of carboxylic acids is 1. The van der Waals surface area contributed by atoms with Crippen LogP contribution in [0.25, 0.3) is 0 Å². The van der Waals surface area contributed by atoms with Gasteiger partial charge in [-0.05, 0) is 0 Å². The molecule has 4 atom stereocenters. The van der Waals surface area contributed by atoms with Crippen molar-refractivity contribution in [2.45, 2.75) is 37.3 Å². The SMILES string of the molecule is O=C(O)CC1C(F)C(F)C(F)C(F)C1F. The molecule has 88 valence electrons. The quantitative estimate of drug-likeness (QED) is 0.737. The Hall–Kier alpha value is -0.880. The average Bonchev–Trinajstić information content (AvgIpc) is 2.18. The second-order valence-electron chi connectivity index (χ2n) is 3.48. The van der Waals surface area contributed by atoms with Gasteiger partial charge in [0.05, 0.1) is 6.42 Å². The highest BCUT2D eigenvalue weighted by atomic mass is 19.2. The summed E-state index contributed by atoms with van der Waals surface area (Å²) < 4.78 is 64.1. The van der Waals surface area contributed by atoms with Crippen LogP contribution in [0.15, 0.2) is 0 Å². The molecular weight excluding hydrogens is 223 g/mol. The number of hydrogen-bond donors (Lipinski definition) is 1. The molecule has 0 spiro atoms. The van der Waals surface area contributed by atoms with Crippen molar-refractivity contribution in [3.8, 4) is 0 Å². The standard InChI is InChI=1S/C8H9F5O2/c9-4-2(1-3(14)15)5(10)7(12)8(13)6(4)11/h2,4-8H,1H2,(H,14,15). The molecule has 1 aliphatic carbocycles. The lowest BCUT2D eigenvalue weighted by molar-refractivity contribution is -0.144. The molecule has 0 radical (unpaired) electrons. The molecule has 4 unspecified atom stereocenters. The number of carbonyl (C=O) groups is 1. The van der Waals surface area contributed by atoms with Crippen LogP contribution in [0.4, 0.5) is 22.0 Å². The highest BCUT2D eigenvalue weighted by Gasteiger charge is 2.53. The molecule has 1 rings (SSSR count). The van der Waals surface area contributed by atoms with Crippen molar-refractivity contribution in [1.29, 1.82) is 0 Å². The smallest absolute Gasteiger partial charge is 0.303 e. The minimum Gasteiger partial charge on any atom is -0.481 e. The molecule has 0 aromatic heterocycles. The Morgan fingerprint density at radius 2 is 1.20 bits per heavy atom. The molecule has 0 heterocycles. The molecule has 0 saturated heterocycles. The Balaban J connectivity index is 2.81. The van der Waals surface area contributed by atoms with Crippen LogP contribution in [0, 0.1) is 5.92 Å². The summed E-state index contributed by atoms with van der Waals surface area (Å²) >= 11 is 0. The molecule has 2 nitrogen and oxygen atoms in total. The number of aliphatic carboxylic acids is 1. The van der Waals surface area contributed by atoms with Gasteiger partial charge in [-0.3, -0.25) is 4.79 Å². The molecular formula is C8H9F5O2. The van der Waals surface area contributed by atoms with E-state index in [0.29, 0.717) is 0 Å². The summed E-state index contributed by atoms with van der Waals surface area (Å²) in [6, 6.07) is 0. The Kier molecular flexibility index (Phi) is 3.51. The molecule has 15 heavy (non-hydrogen) atoms. The zero-order valence-electron chi connectivity index (χ0n) is 7.42. The van der Waals surface area contributed by atoms with Crippen molar-refractivity contribution in [2.24, 2.45) is 5.92 Å². The lowest BCUT2D eigenvalue weighted by atomic mass is 9.80. The van der Waals surface area contributed by atoms with Crippen LogP contribution in [-0.2, 0) is 4.79 Å². The van der Waals surface area contributed by atoms with E-state index in [1.807, 2.05) is 0 Å². The maximum absolute atomic E-state index is 13.0. The number of alkyl halides is 5. The van der Waals surface area contributed by atoms with Crippen LogP contribution in [0.5, 0.6) is 0 Å². The van der Waals surface area contributed by atoms with Gasteiger partial charge in [0.25, 0.3) is 0 Å². The largest absolute Gasteiger partial charge is 0.481 e. The van der Waals surface area contributed by atoms with Gasteiger partial charge in [0.15, 0.2) is 18.5 Å². The van der Waals surface area contributed by atoms with Crippen LogP contribution in [-0.4, -0.2) is 41.9 Å².